The maximum absolute atomic E-state index is 14.2. The van der Waals surface area contributed by atoms with Crippen molar-refractivity contribution in [2.45, 2.75) is 77.2 Å². The molecule has 0 aliphatic carbocycles. The smallest absolute Gasteiger partial charge is 0.258 e. The lowest BCUT2D eigenvalue weighted by Crippen LogP contribution is -2.52. The molecule has 2 fully saturated rings. The highest BCUT2D eigenvalue weighted by atomic mass is 32.2. The highest BCUT2D eigenvalue weighted by molar-refractivity contribution is 8.04. The zero-order valence-corrected chi connectivity index (χ0v) is 21.2. The van der Waals surface area contributed by atoms with Crippen molar-refractivity contribution in [1.29, 1.82) is 0 Å². The van der Waals surface area contributed by atoms with Crippen molar-refractivity contribution < 1.29 is 12.8 Å². The van der Waals surface area contributed by atoms with Gasteiger partial charge in [-0.25, -0.2) is 17.8 Å². The van der Waals surface area contributed by atoms with Crippen LogP contribution < -0.4 is 5.43 Å². The molecule has 1 aromatic carbocycles. The average Bonchev–Trinajstić information content (AvgIpc) is 3.37. The quantitative estimate of drug-likeness (QED) is 0.701. The first kappa shape index (κ1) is 24.3. The van der Waals surface area contributed by atoms with Crippen molar-refractivity contribution in [1.82, 2.24) is 14.6 Å². The Morgan fingerprint density at radius 3 is 2.18 bits per heavy atom. The summed E-state index contributed by atoms with van der Waals surface area (Å²) in [6.45, 7) is 10.1. The highest BCUT2D eigenvalue weighted by Gasteiger charge is 2.44. The Hall–Kier alpha value is -1.84. The molecule has 3 aliphatic heterocycles. The third-order valence-electron chi connectivity index (χ3n) is 7.49. The van der Waals surface area contributed by atoms with Gasteiger partial charge in [0.05, 0.1) is 12.1 Å². The third-order valence-corrected chi connectivity index (χ3v) is 9.37. The molecule has 33 heavy (non-hydrogen) atoms. The largest absolute Gasteiger partial charge is 0.301 e. The lowest BCUT2D eigenvalue weighted by Gasteiger charge is -2.43. The number of hydrogen-bond acceptors (Lipinski definition) is 5. The summed E-state index contributed by atoms with van der Waals surface area (Å²) in [5.74, 6) is 0.365. The van der Waals surface area contributed by atoms with E-state index in [1.807, 2.05) is 27.7 Å². The normalized spacial score (nSPS) is 23.2. The van der Waals surface area contributed by atoms with E-state index in [2.05, 4.69) is 22.5 Å². The number of hydrogen-bond donors (Lipinski definition) is 1. The number of amidine groups is 1. The average molecular weight is 478 g/mol. The van der Waals surface area contributed by atoms with E-state index in [1.165, 1.54) is 18.6 Å². The van der Waals surface area contributed by atoms with Crippen molar-refractivity contribution >= 4 is 26.6 Å². The molecule has 4 rings (SSSR count). The standard InChI is InChI=1S/C24H36FN5O2S/c1-16(2)19-13-18(25)14-20(17(3)4)23(19)26-21-15-22(28-27-21)33(31,32)30-11-8-24(9-12-30)7-6-10-29(24)5/h13-14,16-17H,6-12,15H2,1-5H3,(H,26,27). The van der Waals surface area contributed by atoms with Crippen LogP contribution in [0.2, 0.25) is 0 Å². The lowest BCUT2D eigenvalue weighted by atomic mass is 9.86. The van der Waals surface area contributed by atoms with E-state index in [-0.39, 0.29) is 34.7 Å². The molecule has 182 valence electrons. The van der Waals surface area contributed by atoms with Crippen LogP contribution in [0.3, 0.4) is 0 Å². The summed E-state index contributed by atoms with van der Waals surface area (Å²) in [6, 6.07) is 3.04. The first-order valence-corrected chi connectivity index (χ1v) is 13.4. The van der Waals surface area contributed by atoms with Crippen molar-refractivity contribution in [2.75, 3.05) is 26.7 Å². The Kier molecular flexibility index (Phi) is 6.68. The van der Waals surface area contributed by atoms with Gasteiger partial charge in [0.15, 0.2) is 5.04 Å². The minimum absolute atomic E-state index is 0.0810. The highest BCUT2D eigenvalue weighted by Crippen LogP contribution is 2.39. The molecule has 0 aromatic heterocycles. The Bertz CT molecular complexity index is 1040. The van der Waals surface area contributed by atoms with Crippen molar-refractivity contribution in [3.63, 3.8) is 0 Å². The Morgan fingerprint density at radius 1 is 1.06 bits per heavy atom. The molecule has 0 unspecified atom stereocenters. The van der Waals surface area contributed by atoms with Gasteiger partial charge in [0.2, 0.25) is 0 Å². The first-order chi connectivity index (χ1) is 15.5. The van der Waals surface area contributed by atoms with Gasteiger partial charge in [0, 0.05) is 18.6 Å². The Labute approximate surface area is 197 Å². The Morgan fingerprint density at radius 2 is 1.67 bits per heavy atom. The van der Waals surface area contributed by atoms with E-state index >= 15 is 0 Å². The fraction of sp³-hybridized carbons (Fsp3) is 0.667. The van der Waals surface area contributed by atoms with Crippen LogP contribution in [0.15, 0.2) is 22.2 Å². The number of aliphatic imine (C=N–C) groups is 1. The predicted molar refractivity (Wildman–Crippen MR) is 131 cm³/mol. The summed E-state index contributed by atoms with van der Waals surface area (Å²) >= 11 is 0. The van der Waals surface area contributed by atoms with Crippen molar-refractivity contribution in [2.24, 2.45) is 10.1 Å². The van der Waals surface area contributed by atoms with E-state index < -0.39 is 10.0 Å². The molecule has 1 spiro atoms. The number of nitrogens with zero attached hydrogens (tertiary/aromatic N) is 4. The molecular weight excluding hydrogens is 441 g/mol. The van der Waals surface area contributed by atoms with Gasteiger partial charge in [0.25, 0.3) is 10.0 Å². The summed E-state index contributed by atoms with van der Waals surface area (Å²) in [5, 5.41) is 4.26. The van der Waals surface area contributed by atoms with Gasteiger partial charge < -0.3 is 4.90 Å². The molecule has 2 saturated heterocycles. The van der Waals surface area contributed by atoms with E-state index in [0.717, 1.165) is 36.9 Å². The minimum Gasteiger partial charge on any atom is -0.301 e. The molecule has 0 atom stereocenters. The van der Waals surface area contributed by atoms with Gasteiger partial charge in [-0.3, -0.25) is 5.43 Å². The van der Waals surface area contributed by atoms with Gasteiger partial charge >= 0.3 is 0 Å². The van der Waals surface area contributed by atoms with Crippen LogP contribution >= 0.6 is 0 Å². The molecule has 0 bridgehead atoms. The van der Waals surface area contributed by atoms with Gasteiger partial charge in [0.1, 0.15) is 11.7 Å². The topological polar surface area (TPSA) is 77.4 Å². The third kappa shape index (κ3) is 4.59. The van der Waals surface area contributed by atoms with Crippen molar-refractivity contribution in [3.05, 3.63) is 29.1 Å². The summed E-state index contributed by atoms with van der Waals surface area (Å²) in [5.41, 5.74) is 5.32. The molecule has 0 radical (unpaired) electrons. The van der Waals surface area contributed by atoms with Gasteiger partial charge in [-0.1, -0.05) is 27.7 Å². The summed E-state index contributed by atoms with van der Waals surface area (Å²) in [7, 11) is -1.50. The fourth-order valence-corrected chi connectivity index (χ4v) is 6.79. The second-order valence-electron chi connectivity index (χ2n) is 10.2. The lowest BCUT2D eigenvalue weighted by molar-refractivity contribution is 0.102. The monoisotopic (exact) mass is 477 g/mol. The first-order valence-electron chi connectivity index (χ1n) is 12.0. The second-order valence-corrected chi connectivity index (χ2v) is 12.2. The van der Waals surface area contributed by atoms with E-state index in [9.17, 15) is 12.8 Å². The zero-order chi connectivity index (χ0) is 24.0. The number of likely N-dealkylation sites (tertiary alicyclic amines) is 1. The zero-order valence-electron chi connectivity index (χ0n) is 20.4. The number of rotatable bonds is 4. The maximum Gasteiger partial charge on any atom is 0.258 e. The van der Waals surface area contributed by atoms with Crippen LogP contribution in [0.25, 0.3) is 0 Å². The van der Waals surface area contributed by atoms with Crippen LogP contribution in [-0.2, 0) is 10.0 Å². The molecule has 7 nitrogen and oxygen atoms in total. The fourth-order valence-electron chi connectivity index (χ4n) is 5.35. The van der Waals surface area contributed by atoms with Gasteiger partial charge in [-0.2, -0.15) is 9.41 Å². The number of benzene rings is 1. The molecule has 3 aliphatic rings. The van der Waals surface area contributed by atoms with E-state index in [0.29, 0.717) is 24.6 Å². The number of hydrazone groups is 1. The van der Waals surface area contributed by atoms with Crippen LogP contribution in [-0.4, -0.2) is 60.7 Å². The molecule has 9 heteroatoms. The summed E-state index contributed by atoms with van der Waals surface area (Å²) in [4.78, 5) is 7.15. The van der Waals surface area contributed by atoms with Crippen molar-refractivity contribution in [3.8, 4) is 0 Å². The minimum atomic E-state index is -3.65. The SMILES string of the molecule is CC(C)c1cc(F)cc(C(C)C)c1N=C1CC(S(=O)(=O)N2CCC3(CCCN3C)CC2)=NN1. The molecule has 1 N–H and O–H groups in total. The Balaban J connectivity index is 1.53. The summed E-state index contributed by atoms with van der Waals surface area (Å²) < 4.78 is 42.4. The van der Waals surface area contributed by atoms with Crippen LogP contribution in [0, 0.1) is 5.82 Å². The van der Waals surface area contributed by atoms with Gasteiger partial charge in [-0.15, -0.1) is 0 Å². The predicted octanol–water partition coefficient (Wildman–Crippen LogP) is 4.30. The molecular formula is C24H36FN5O2S. The van der Waals surface area contributed by atoms with Crippen LogP contribution in [0.1, 0.15) is 82.8 Å². The molecule has 0 amide bonds. The van der Waals surface area contributed by atoms with E-state index in [1.54, 1.807) is 4.31 Å². The van der Waals surface area contributed by atoms with Gasteiger partial charge in [-0.05, 0) is 74.4 Å². The van der Waals surface area contributed by atoms with Crippen LogP contribution in [0.5, 0.6) is 0 Å². The second kappa shape index (κ2) is 9.07. The van der Waals surface area contributed by atoms with E-state index in [4.69, 9.17) is 4.99 Å². The molecule has 1 aromatic rings. The molecule has 3 heterocycles. The number of halogens is 1. The number of nitrogens with one attached hydrogen (secondary N) is 1. The summed E-state index contributed by atoms with van der Waals surface area (Å²) in [6.07, 6.45) is 4.16. The maximum atomic E-state index is 14.2. The van der Waals surface area contributed by atoms with Crippen LogP contribution in [0.4, 0.5) is 10.1 Å². The molecule has 0 saturated carbocycles. The number of piperidine rings is 1. The number of sulfonamides is 1.